The molecule has 0 aliphatic heterocycles. The van der Waals surface area contributed by atoms with Crippen LogP contribution in [-0.2, 0) is 11.7 Å². The SMILES string of the molecule is Oc1ccnc2ccc(-c3cn(C(c4ccccc4)(c4ccccc4)C4C=CC=CC4)nc3C(F)(F)F)cc12. The number of hydrogen-bond donors (Lipinski definition) is 1. The summed E-state index contributed by atoms with van der Waals surface area (Å²) < 4.78 is 45.3. The predicted molar refractivity (Wildman–Crippen MR) is 145 cm³/mol. The Labute approximate surface area is 223 Å². The summed E-state index contributed by atoms with van der Waals surface area (Å²) in [5.41, 5.74) is 0.299. The van der Waals surface area contributed by atoms with Crippen LogP contribution in [-0.4, -0.2) is 19.9 Å². The van der Waals surface area contributed by atoms with Gasteiger partial charge in [0.25, 0.3) is 0 Å². The Kier molecular flexibility index (Phi) is 6.06. The number of rotatable bonds is 5. The molecule has 5 aromatic rings. The second-order valence-electron chi connectivity index (χ2n) is 9.55. The molecular formula is C32H24F3N3O. The van der Waals surface area contributed by atoms with E-state index in [-0.39, 0.29) is 17.2 Å². The van der Waals surface area contributed by atoms with Crippen LogP contribution in [0.5, 0.6) is 5.75 Å². The van der Waals surface area contributed by atoms with Crippen LogP contribution in [0.3, 0.4) is 0 Å². The van der Waals surface area contributed by atoms with Gasteiger partial charge in [0.15, 0.2) is 5.69 Å². The lowest BCUT2D eigenvalue weighted by atomic mass is 9.70. The normalized spacial score (nSPS) is 15.6. The minimum Gasteiger partial charge on any atom is -0.507 e. The van der Waals surface area contributed by atoms with Crippen LogP contribution in [0, 0.1) is 5.92 Å². The number of hydrogen-bond acceptors (Lipinski definition) is 3. The molecule has 0 spiro atoms. The molecule has 1 aliphatic rings. The molecule has 4 nitrogen and oxygen atoms in total. The van der Waals surface area contributed by atoms with E-state index < -0.39 is 17.4 Å². The number of aromatic nitrogens is 3. The lowest BCUT2D eigenvalue weighted by Gasteiger charge is -2.41. The molecule has 39 heavy (non-hydrogen) atoms. The molecule has 7 heteroatoms. The third kappa shape index (κ3) is 4.20. The van der Waals surface area contributed by atoms with Gasteiger partial charge in [0.1, 0.15) is 11.3 Å². The van der Waals surface area contributed by atoms with Gasteiger partial charge in [-0.05, 0) is 41.3 Å². The number of nitrogens with zero attached hydrogens (tertiary/aromatic N) is 3. The third-order valence-corrected chi connectivity index (χ3v) is 7.32. The number of pyridine rings is 1. The lowest BCUT2D eigenvalue weighted by Crippen LogP contribution is -2.43. The highest BCUT2D eigenvalue weighted by Crippen LogP contribution is 2.47. The van der Waals surface area contributed by atoms with Gasteiger partial charge in [0.05, 0.1) is 5.52 Å². The summed E-state index contributed by atoms with van der Waals surface area (Å²) in [5.74, 6) is -0.268. The highest BCUT2D eigenvalue weighted by Gasteiger charge is 2.46. The first-order chi connectivity index (χ1) is 18.9. The molecule has 0 saturated carbocycles. The molecule has 3 aromatic carbocycles. The Morgan fingerprint density at radius 2 is 1.54 bits per heavy atom. The number of aromatic hydroxyl groups is 1. The van der Waals surface area contributed by atoms with E-state index in [1.54, 1.807) is 12.1 Å². The van der Waals surface area contributed by atoms with Gasteiger partial charge in [0.2, 0.25) is 0 Å². The predicted octanol–water partition coefficient (Wildman–Crippen LogP) is 7.75. The van der Waals surface area contributed by atoms with E-state index in [9.17, 15) is 18.3 Å². The number of alkyl halides is 3. The lowest BCUT2D eigenvalue weighted by molar-refractivity contribution is -0.141. The van der Waals surface area contributed by atoms with Gasteiger partial charge in [0, 0.05) is 29.3 Å². The third-order valence-electron chi connectivity index (χ3n) is 7.32. The summed E-state index contributed by atoms with van der Waals surface area (Å²) in [4.78, 5) is 4.22. The Morgan fingerprint density at radius 3 is 2.15 bits per heavy atom. The van der Waals surface area contributed by atoms with Gasteiger partial charge in [-0.1, -0.05) is 91.0 Å². The monoisotopic (exact) mass is 523 g/mol. The van der Waals surface area contributed by atoms with Gasteiger partial charge in [-0.3, -0.25) is 9.67 Å². The van der Waals surface area contributed by atoms with Crippen molar-refractivity contribution in [2.24, 2.45) is 5.92 Å². The summed E-state index contributed by atoms with van der Waals surface area (Å²) in [7, 11) is 0. The van der Waals surface area contributed by atoms with Crippen LogP contribution in [0.4, 0.5) is 13.2 Å². The van der Waals surface area contributed by atoms with Crippen molar-refractivity contribution < 1.29 is 18.3 Å². The van der Waals surface area contributed by atoms with Crippen molar-refractivity contribution in [2.75, 3.05) is 0 Å². The van der Waals surface area contributed by atoms with E-state index in [2.05, 4.69) is 10.1 Å². The molecule has 6 rings (SSSR count). The maximum atomic E-state index is 14.6. The van der Waals surface area contributed by atoms with Crippen LogP contribution in [0.1, 0.15) is 23.2 Å². The highest BCUT2D eigenvalue weighted by atomic mass is 19.4. The number of halogens is 3. The van der Waals surface area contributed by atoms with Gasteiger partial charge in [-0.15, -0.1) is 0 Å². The fourth-order valence-electron chi connectivity index (χ4n) is 5.58. The molecule has 0 fully saturated rings. The fourth-order valence-corrected chi connectivity index (χ4v) is 5.58. The number of allylic oxidation sites excluding steroid dienone is 4. The van der Waals surface area contributed by atoms with E-state index in [4.69, 9.17) is 0 Å². The highest BCUT2D eigenvalue weighted by molar-refractivity contribution is 5.89. The van der Waals surface area contributed by atoms with Gasteiger partial charge >= 0.3 is 6.18 Å². The van der Waals surface area contributed by atoms with Crippen molar-refractivity contribution in [3.8, 4) is 16.9 Å². The zero-order chi connectivity index (χ0) is 27.0. The first-order valence-corrected chi connectivity index (χ1v) is 12.6. The molecule has 0 radical (unpaired) electrons. The zero-order valence-electron chi connectivity index (χ0n) is 20.8. The van der Waals surface area contributed by atoms with Gasteiger partial charge in [-0.2, -0.15) is 18.3 Å². The second-order valence-corrected chi connectivity index (χ2v) is 9.55. The molecule has 2 aromatic heterocycles. The molecule has 1 N–H and O–H groups in total. The van der Waals surface area contributed by atoms with Crippen molar-refractivity contribution in [3.05, 3.63) is 138 Å². The van der Waals surface area contributed by atoms with E-state index in [1.165, 1.54) is 29.2 Å². The fraction of sp³-hybridized carbons (Fsp3) is 0.125. The largest absolute Gasteiger partial charge is 0.507 e. The first kappa shape index (κ1) is 24.7. The maximum absolute atomic E-state index is 14.6. The average molecular weight is 524 g/mol. The van der Waals surface area contributed by atoms with Gasteiger partial charge < -0.3 is 5.11 Å². The molecular weight excluding hydrogens is 499 g/mol. The quantitative estimate of drug-likeness (QED) is 0.256. The van der Waals surface area contributed by atoms with E-state index in [0.29, 0.717) is 22.9 Å². The number of benzene rings is 3. The minimum absolute atomic E-state index is 0.0511. The Balaban J connectivity index is 1.67. The van der Waals surface area contributed by atoms with Crippen LogP contribution >= 0.6 is 0 Å². The summed E-state index contributed by atoms with van der Waals surface area (Å²) >= 11 is 0. The molecule has 2 heterocycles. The number of fused-ring (bicyclic) bond motifs is 1. The van der Waals surface area contributed by atoms with E-state index >= 15 is 0 Å². The molecule has 0 saturated heterocycles. The Hall–Kier alpha value is -4.65. The van der Waals surface area contributed by atoms with Crippen LogP contribution < -0.4 is 0 Å². The van der Waals surface area contributed by atoms with Crippen molar-refractivity contribution in [1.82, 2.24) is 14.8 Å². The summed E-state index contributed by atoms with van der Waals surface area (Å²) in [6.07, 6.45) is 6.79. The smallest absolute Gasteiger partial charge is 0.435 e. The summed E-state index contributed by atoms with van der Waals surface area (Å²) in [6, 6.07) is 25.2. The van der Waals surface area contributed by atoms with Crippen molar-refractivity contribution in [1.29, 1.82) is 0 Å². The molecule has 0 amide bonds. The van der Waals surface area contributed by atoms with Crippen molar-refractivity contribution >= 4 is 10.9 Å². The van der Waals surface area contributed by atoms with Crippen LogP contribution in [0.2, 0.25) is 0 Å². The topological polar surface area (TPSA) is 50.9 Å². The zero-order valence-corrected chi connectivity index (χ0v) is 20.8. The van der Waals surface area contributed by atoms with Crippen LogP contribution in [0.15, 0.2) is 122 Å². The molecule has 194 valence electrons. The second kappa shape index (κ2) is 9.58. The van der Waals surface area contributed by atoms with Crippen molar-refractivity contribution in [3.63, 3.8) is 0 Å². The molecule has 0 bridgehead atoms. The maximum Gasteiger partial charge on any atom is 0.435 e. The summed E-state index contributed by atoms with van der Waals surface area (Å²) in [6.45, 7) is 0. The van der Waals surface area contributed by atoms with E-state index in [1.807, 2.05) is 85.0 Å². The standard InChI is InChI=1S/C32H24F3N3O/c33-32(34,35)30-27(22-16-17-28-26(20-22)29(39)18-19-36-28)21-38(37-30)31(23-10-4-1-5-11-23,24-12-6-2-7-13-24)25-14-8-3-9-15-25/h1-14,16-21,25H,15H2,(H,36,39). The van der Waals surface area contributed by atoms with Crippen molar-refractivity contribution in [2.45, 2.75) is 18.1 Å². The molecule has 1 unspecified atom stereocenters. The Morgan fingerprint density at radius 1 is 0.846 bits per heavy atom. The van der Waals surface area contributed by atoms with Gasteiger partial charge in [-0.25, -0.2) is 0 Å². The Bertz CT molecular complexity index is 1650. The summed E-state index contributed by atoms with van der Waals surface area (Å²) in [5, 5.41) is 15.1. The molecule has 1 atom stereocenters. The minimum atomic E-state index is -4.71. The molecule has 1 aliphatic carbocycles. The first-order valence-electron chi connectivity index (χ1n) is 12.6. The van der Waals surface area contributed by atoms with Crippen LogP contribution in [0.25, 0.3) is 22.0 Å². The average Bonchev–Trinajstić information content (AvgIpc) is 3.42. The van der Waals surface area contributed by atoms with E-state index in [0.717, 1.165) is 11.1 Å².